The molecule has 1 saturated heterocycles. The van der Waals surface area contributed by atoms with Gasteiger partial charge in [-0.1, -0.05) is 26.0 Å². The number of aromatic nitrogens is 4. The van der Waals surface area contributed by atoms with Gasteiger partial charge in [-0.2, -0.15) is 14.8 Å². The van der Waals surface area contributed by atoms with Crippen molar-refractivity contribution in [1.82, 2.24) is 25.2 Å². The van der Waals surface area contributed by atoms with Gasteiger partial charge >= 0.3 is 0 Å². The lowest BCUT2D eigenvalue weighted by Gasteiger charge is -2.18. The van der Waals surface area contributed by atoms with Crippen molar-refractivity contribution in [2.45, 2.75) is 38.5 Å². The zero-order valence-corrected chi connectivity index (χ0v) is 15.0. The summed E-state index contributed by atoms with van der Waals surface area (Å²) in [4.78, 5) is 4.50. The van der Waals surface area contributed by atoms with Gasteiger partial charge in [-0.3, -0.25) is 0 Å². The number of hydrogen-bond donors (Lipinski definition) is 1. The van der Waals surface area contributed by atoms with Crippen molar-refractivity contribution in [1.29, 1.82) is 0 Å². The predicted molar refractivity (Wildman–Crippen MR) is 95.1 cm³/mol. The molecule has 0 amide bonds. The Bertz CT molecular complexity index is 869. The number of hydrogen-bond acceptors (Lipinski definition) is 5. The van der Waals surface area contributed by atoms with Gasteiger partial charge in [-0.25, -0.2) is 4.39 Å². The molecule has 8 heteroatoms. The first kappa shape index (κ1) is 17.8. The number of benzene rings is 1. The summed E-state index contributed by atoms with van der Waals surface area (Å²) in [6.07, 6.45) is 1.93. The molecule has 6 nitrogen and oxygen atoms in total. The minimum Gasteiger partial charge on any atom is -0.337 e. The van der Waals surface area contributed by atoms with Crippen LogP contribution in [0.3, 0.4) is 0 Å². The standard InChI is InChI=1S/C17H20FN5O.ClH/c1-10(2)14-12-4-3-5-13(18)15(12)23(21-14)17-20-16(24-22-17)11-6-8-19-9-7-11;/h3-5,10-11,19H,6-9H2,1-2H3;1H. The molecule has 0 saturated carbocycles. The van der Waals surface area contributed by atoms with Gasteiger partial charge < -0.3 is 9.84 Å². The summed E-state index contributed by atoms with van der Waals surface area (Å²) in [7, 11) is 0. The van der Waals surface area contributed by atoms with E-state index >= 15 is 0 Å². The third kappa shape index (κ3) is 3.14. The van der Waals surface area contributed by atoms with Gasteiger partial charge in [-0.15, -0.1) is 12.4 Å². The van der Waals surface area contributed by atoms with Crippen LogP contribution >= 0.6 is 12.4 Å². The van der Waals surface area contributed by atoms with Crippen LogP contribution in [-0.4, -0.2) is 33.0 Å². The molecule has 3 aromatic rings. The molecular weight excluding hydrogens is 345 g/mol. The topological polar surface area (TPSA) is 68.8 Å². The first-order valence-corrected chi connectivity index (χ1v) is 8.37. The second-order valence-corrected chi connectivity index (χ2v) is 6.54. The van der Waals surface area contributed by atoms with Crippen molar-refractivity contribution in [3.05, 3.63) is 35.6 Å². The van der Waals surface area contributed by atoms with E-state index in [0.29, 0.717) is 17.4 Å². The summed E-state index contributed by atoms with van der Waals surface area (Å²) in [6.45, 7) is 5.96. The average molecular weight is 366 g/mol. The first-order chi connectivity index (χ1) is 11.6. The molecule has 1 N–H and O–H groups in total. The van der Waals surface area contributed by atoms with Crippen molar-refractivity contribution in [3.63, 3.8) is 0 Å². The van der Waals surface area contributed by atoms with Crippen LogP contribution in [0.2, 0.25) is 0 Å². The molecule has 134 valence electrons. The van der Waals surface area contributed by atoms with Gasteiger partial charge in [0.15, 0.2) is 0 Å². The zero-order chi connectivity index (χ0) is 16.7. The molecule has 1 aliphatic heterocycles. The molecule has 3 heterocycles. The Balaban J connectivity index is 0.00000182. The van der Waals surface area contributed by atoms with E-state index in [9.17, 15) is 4.39 Å². The van der Waals surface area contributed by atoms with Crippen molar-refractivity contribution >= 4 is 23.3 Å². The van der Waals surface area contributed by atoms with E-state index in [1.54, 1.807) is 6.07 Å². The van der Waals surface area contributed by atoms with Crippen LogP contribution in [0.15, 0.2) is 22.7 Å². The molecule has 0 aliphatic carbocycles. The van der Waals surface area contributed by atoms with E-state index in [1.807, 2.05) is 19.9 Å². The lowest BCUT2D eigenvalue weighted by Crippen LogP contribution is -2.26. The fourth-order valence-electron chi connectivity index (χ4n) is 3.27. The smallest absolute Gasteiger partial charge is 0.291 e. The average Bonchev–Trinajstić information content (AvgIpc) is 3.21. The largest absolute Gasteiger partial charge is 0.337 e. The quantitative estimate of drug-likeness (QED) is 0.768. The lowest BCUT2D eigenvalue weighted by atomic mass is 9.98. The number of piperidine rings is 1. The first-order valence-electron chi connectivity index (χ1n) is 8.37. The fraction of sp³-hybridized carbons (Fsp3) is 0.471. The van der Waals surface area contributed by atoms with E-state index in [1.165, 1.54) is 10.7 Å². The van der Waals surface area contributed by atoms with Crippen molar-refractivity contribution in [2.75, 3.05) is 13.1 Å². The maximum absolute atomic E-state index is 14.4. The van der Waals surface area contributed by atoms with E-state index in [2.05, 4.69) is 20.6 Å². The Labute approximate surface area is 151 Å². The highest BCUT2D eigenvalue weighted by molar-refractivity contribution is 5.85. The van der Waals surface area contributed by atoms with Gasteiger partial charge in [0.1, 0.15) is 11.3 Å². The van der Waals surface area contributed by atoms with E-state index in [0.717, 1.165) is 37.0 Å². The SMILES string of the molecule is CC(C)c1nn(-c2noc(C3CCNCC3)n2)c2c(F)cccc12.Cl. The molecule has 4 rings (SSSR count). The summed E-state index contributed by atoms with van der Waals surface area (Å²) >= 11 is 0. The minimum atomic E-state index is -0.333. The fourth-order valence-corrected chi connectivity index (χ4v) is 3.27. The highest BCUT2D eigenvalue weighted by atomic mass is 35.5. The number of rotatable bonds is 3. The van der Waals surface area contributed by atoms with Crippen LogP contribution in [0, 0.1) is 5.82 Å². The van der Waals surface area contributed by atoms with Gasteiger partial charge in [-0.05, 0) is 43.1 Å². The van der Waals surface area contributed by atoms with Crippen molar-refractivity contribution in [2.24, 2.45) is 0 Å². The molecule has 1 aromatic carbocycles. The van der Waals surface area contributed by atoms with Gasteiger partial charge in [0, 0.05) is 11.3 Å². The molecule has 0 atom stereocenters. The molecule has 2 aromatic heterocycles. The van der Waals surface area contributed by atoms with Crippen LogP contribution in [-0.2, 0) is 0 Å². The van der Waals surface area contributed by atoms with Crippen LogP contribution < -0.4 is 5.32 Å². The second kappa shape index (κ2) is 7.09. The molecule has 0 unspecified atom stereocenters. The Morgan fingerprint density at radius 1 is 1.28 bits per heavy atom. The van der Waals surface area contributed by atoms with E-state index in [4.69, 9.17) is 4.52 Å². The number of nitrogens with zero attached hydrogens (tertiary/aromatic N) is 4. The highest BCUT2D eigenvalue weighted by Crippen LogP contribution is 2.29. The Hall–Kier alpha value is -1.99. The third-order valence-electron chi connectivity index (χ3n) is 4.54. The normalized spacial score (nSPS) is 15.7. The summed E-state index contributed by atoms with van der Waals surface area (Å²) < 4.78 is 21.3. The summed E-state index contributed by atoms with van der Waals surface area (Å²) in [5, 5.41) is 12.7. The molecule has 0 bridgehead atoms. The van der Waals surface area contributed by atoms with E-state index in [-0.39, 0.29) is 30.1 Å². The van der Waals surface area contributed by atoms with Crippen molar-refractivity contribution < 1.29 is 8.91 Å². The summed E-state index contributed by atoms with van der Waals surface area (Å²) in [6, 6.07) is 5.01. The summed E-state index contributed by atoms with van der Waals surface area (Å²) in [5.41, 5.74) is 1.23. The number of para-hydroxylation sites is 1. The zero-order valence-electron chi connectivity index (χ0n) is 14.2. The Morgan fingerprint density at radius 3 is 2.76 bits per heavy atom. The Kier molecular flexibility index (Phi) is 5.06. The monoisotopic (exact) mass is 365 g/mol. The van der Waals surface area contributed by atoms with Crippen LogP contribution in [0.1, 0.15) is 50.1 Å². The van der Waals surface area contributed by atoms with Crippen LogP contribution in [0.4, 0.5) is 4.39 Å². The maximum Gasteiger partial charge on any atom is 0.291 e. The molecule has 1 aliphatic rings. The van der Waals surface area contributed by atoms with Crippen molar-refractivity contribution in [3.8, 4) is 5.95 Å². The van der Waals surface area contributed by atoms with Gasteiger partial charge in [0.2, 0.25) is 5.89 Å². The molecule has 0 radical (unpaired) electrons. The Morgan fingerprint density at radius 2 is 2.04 bits per heavy atom. The number of nitrogens with one attached hydrogen (secondary N) is 1. The third-order valence-corrected chi connectivity index (χ3v) is 4.54. The lowest BCUT2D eigenvalue weighted by molar-refractivity contribution is 0.319. The molecule has 25 heavy (non-hydrogen) atoms. The second-order valence-electron chi connectivity index (χ2n) is 6.54. The number of halogens is 2. The van der Waals surface area contributed by atoms with Gasteiger partial charge in [0.25, 0.3) is 5.95 Å². The summed E-state index contributed by atoms with van der Waals surface area (Å²) in [5.74, 6) is 0.998. The predicted octanol–water partition coefficient (Wildman–Crippen LogP) is 3.56. The molecule has 1 fully saturated rings. The molecule has 0 spiro atoms. The van der Waals surface area contributed by atoms with Gasteiger partial charge in [0.05, 0.1) is 5.69 Å². The molecular formula is C17H21ClFN5O. The highest BCUT2D eigenvalue weighted by Gasteiger charge is 2.24. The van der Waals surface area contributed by atoms with Crippen LogP contribution in [0.5, 0.6) is 0 Å². The maximum atomic E-state index is 14.4. The van der Waals surface area contributed by atoms with E-state index < -0.39 is 0 Å². The number of fused-ring (bicyclic) bond motifs is 1. The van der Waals surface area contributed by atoms with Crippen LogP contribution in [0.25, 0.3) is 16.9 Å². The minimum absolute atomic E-state index is 0.